The van der Waals surface area contributed by atoms with Gasteiger partial charge in [-0.2, -0.15) is 0 Å². The summed E-state index contributed by atoms with van der Waals surface area (Å²) in [5.74, 6) is 1.40. The van der Waals surface area contributed by atoms with E-state index in [1.165, 1.54) is 0 Å². The van der Waals surface area contributed by atoms with Crippen LogP contribution in [0, 0.1) is 24.7 Å². The zero-order valence-electron chi connectivity index (χ0n) is 17.3. The van der Waals surface area contributed by atoms with Gasteiger partial charge in [-0.25, -0.2) is 0 Å². The Labute approximate surface area is 176 Å². The largest absolute Gasteiger partial charge is 0.489 e. The van der Waals surface area contributed by atoms with Gasteiger partial charge in [0, 0.05) is 29.6 Å². The van der Waals surface area contributed by atoms with Crippen molar-refractivity contribution in [1.29, 1.82) is 10.8 Å². The van der Waals surface area contributed by atoms with E-state index in [1.54, 1.807) is 24.3 Å². The highest BCUT2D eigenvalue weighted by molar-refractivity contribution is 5.96. The van der Waals surface area contributed by atoms with Crippen molar-refractivity contribution in [2.45, 2.75) is 51.0 Å². The Kier molecular flexibility index (Phi) is 6.28. The molecule has 1 fully saturated rings. The van der Waals surface area contributed by atoms with Gasteiger partial charge in [-0.15, -0.1) is 0 Å². The first-order valence-corrected chi connectivity index (χ1v) is 9.90. The summed E-state index contributed by atoms with van der Waals surface area (Å²) in [4.78, 5) is 0. The number of amidine groups is 2. The first kappa shape index (κ1) is 21.6. The highest BCUT2D eigenvalue weighted by Crippen LogP contribution is 2.28. The molecule has 30 heavy (non-hydrogen) atoms. The quantitative estimate of drug-likeness (QED) is 0.311. The van der Waals surface area contributed by atoms with E-state index in [2.05, 4.69) is 0 Å². The third-order valence-electron chi connectivity index (χ3n) is 5.52. The number of aryl methyl sites for hydroxylation is 2. The Morgan fingerprint density at radius 2 is 1.17 bits per heavy atom. The van der Waals surface area contributed by atoms with E-state index in [0.29, 0.717) is 35.5 Å². The molecule has 1 aliphatic carbocycles. The zero-order valence-corrected chi connectivity index (χ0v) is 17.3. The second-order valence-corrected chi connectivity index (χ2v) is 7.89. The number of benzene rings is 2. The summed E-state index contributed by atoms with van der Waals surface area (Å²) in [6.45, 7) is 3.78. The second-order valence-electron chi connectivity index (χ2n) is 7.89. The molecular formula is C22H30N6O2. The summed E-state index contributed by atoms with van der Waals surface area (Å²) in [5.41, 5.74) is 26.9. The number of hydrogen-bond donors (Lipinski definition) is 6. The van der Waals surface area contributed by atoms with Crippen molar-refractivity contribution in [3.63, 3.8) is 0 Å². The van der Waals surface area contributed by atoms with Crippen LogP contribution in [0.1, 0.15) is 35.1 Å². The van der Waals surface area contributed by atoms with Crippen molar-refractivity contribution in [1.82, 2.24) is 0 Å². The van der Waals surface area contributed by atoms with Gasteiger partial charge in [-0.05, 0) is 67.8 Å². The van der Waals surface area contributed by atoms with Gasteiger partial charge >= 0.3 is 0 Å². The van der Waals surface area contributed by atoms with Gasteiger partial charge in [0.25, 0.3) is 0 Å². The topological polar surface area (TPSA) is 170 Å². The number of nitrogens with one attached hydrogen (secondary N) is 2. The SMILES string of the molecule is Cc1cc(O[C@H]2C[C@@H](Oc3ccc(C(=N)N)c(C)c3)[C@H](N)C[C@@H]2N)ccc1C(=N)N. The van der Waals surface area contributed by atoms with Gasteiger partial charge < -0.3 is 32.4 Å². The summed E-state index contributed by atoms with van der Waals surface area (Å²) in [5, 5.41) is 15.2. The molecule has 2 aromatic carbocycles. The maximum Gasteiger partial charge on any atom is 0.123 e. The highest BCUT2D eigenvalue weighted by atomic mass is 16.5. The van der Waals surface area contributed by atoms with E-state index in [1.807, 2.05) is 26.0 Å². The predicted molar refractivity (Wildman–Crippen MR) is 118 cm³/mol. The van der Waals surface area contributed by atoms with Gasteiger partial charge in [-0.1, -0.05) is 0 Å². The molecule has 0 spiro atoms. The molecule has 0 bridgehead atoms. The maximum absolute atomic E-state index is 7.61. The smallest absolute Gasteiger partial charge is 0.123 e. The molecule has 8 heteroatoms. The van der Waals surface area contributed by atoms with Gasteiger partial charge in [0.2, 0.25) is 0 Å². The van der Waals surface area contributed by atoms with Crippen LogP contribution < -0.4 is 32.4 Å². The van der Waals surface area contributed by atoms with Gasteiger partial charge in [0.1, 0.15) is 35.4 Å². The number of nitrogen functional groups attached to an aromatic ring is 2. The summed E-state index contributed by atoms with van der Waals surface area (Å²) >= 11 is 0. The molecule has 160 valence electrons. The third-order valence-corrected chi connectivity index (χ3v) is 5.52. The molecule has 0 saturated heterocycles. The van der Waals surface area contributed by atoms with E-state index in [4.69, 9.17) is 43.2 Å². The average Bonchev–Trinajstić information content (AvgIpc) is 2.65. The van der Waals surface area contributed by atoms with Crippen LogP contribution in [-0.2, 0) is 0 Å². The molecule has 0 aromatic heterocycles. The van der Waals surface area contributed by atoms with E-state index >= 15 is 0 Å². The maximum atomic E-state index is 7.61. The molecule has 0 heterocycles. The van der Waals surface area contributed by atoms with Crippen LogP contribution in [0.3, 0.4) is 0 Å². The third kappa shape index (κ3) is 4.72. The molecule has 0 radical (unpaired) electrons. The van der Waals surface area contributed by atoms with Crippen LogP contribution in [0.2, 0.25) is 0 Å². The summed E-state index contributed by atoms with van der Waals surface area (Å²) in [6, 6.07) is 10.4. The molecule has 0 amide bonds. The van der Waals surface area contributed by atoms with Gasteiger partial charge in [0.15, 0.2) is 0 Å². The second kappa shape index (κ2) is 8.73. The van der Waals surface area contributed by atoms with E-state index in [-0.39, 0.29) is 36.0 Å². The Morgan fingerprint density at radius 3 is 1.50 bits per heavy atom. The van der Waals surface area contributed by atoms with Gasteiger partial charge in [0.05, 0.1) is 0 Å². The van der Waals surface area contributed by atoms with Crippen molar-refractivity contribution in [2.75, 3.05) is 0 Å². The normalized spacial score (nSPS) is 23.6. The molecule has 10 N–H and O–H groups in total. The Bertz CT molecular complexity index is 885. The van der Waals surface area contributed by atoms with Crippen LogP contribution in [0.5, 0.6) is 11.5 Å². The minimum absolute atomic E-state index is 0.0268. The van der Waals surface area contributed by atoms with Crippen LogP contribution >= 0.6 is 0 Å². The molecule has 1 aliphatic rings. The van der Waals surface area contributed by atoms with Crippen molar-refractivity contribution < 1.29 is 9.47 Å². The Morgan fingerprint density at radius 1 is 0.767 bits per heavy atom. The number of ether oxygens (including phenoxy) is 2. The lowest BCUT2D eigenvalue weighted by Crippen LogP contribution is -2.56. The lowest BCUT2D eigenvalue weighted by molar-refractivity contribution is 0.0404. The van der Waals surface area contributed by atoms with Crippen LogP contribution in [0.15, 0.2) is 36.4 Å². The molecule has 3 rings (SSSR count). The fourth-order valence-corrected chi connectivity index (χ4v) is 3.84. The van der Waals surface area contributed by atoms with Gasteiger partial charge in [-0.3, -0.25) is 10.8 Å². The molecule has 0 aliphatic heterocycles. The first-order valence-electron chi connectivity index (χ1n) is 9.90. The summed E-state index contributed by atoms with van der Waals surface area (Å²) in [6.07, 6.45) is 0.609. The Hall–Kier alpha value is -3.10. The highest BCUT2D eigenvalue weighted by Gasteiger charge is 2.36. The molecule has 4 atom stereocenters. The summed E-state index contributed by atoms with van der Waals surface area (Å²) < 4.78 is 12.3. The summed E-state index contributed by atoms with van der Waals surface area (Å²) in [7, 11) is 0. The van der Waals surface area contributed by atoms with Crippen molar-refractivity contribution in [2.24, 2.45) is 22.9 Å². The molecule has 2 aromatic rings. The van der Waals surface area contributed by atoms with Crippen LogP contribution in [0.4, 0.5) is 0 Å². The van der Waals surface area contributed by atoms with Crippen molar-refractivity contribution >= 4 is 11.7 Å². The van der Waals surface area contributed by atoms with E-state index in [0.717, 1.165) is 11.1 Å². The number of nitrogens with two attached hydrogens (primary N) is 4. The molecular weight excluding hydrogens is 380 g/mol. The minimum Gasteiger partial charge on any atom is -0.489 e. The Balaban J connectivity index is 1.72. The zero-order chi connectivity index (χ0) is 22.0. The van der Waals surface area contributed by atoms with E-state index in [9.17, 15) is 0 Å². The minimum atomic E-state index is -0.255. The molecule has 1 saturated carbocycles. The fraction of sp³-hybridized carbons (Fsp3) is 0.364. The first-order chi connectivity index (χ1) is 14.2. The lowest BCUT2D eigenvalue weighted by Gasteiger charge is -2.38. The van der Waals surface area contributed by atoms with Crippen LogP contribution in [0.25, 0.3) is 0 Å². The van der Waals surface area contributed by atoms with E-state index < -0.39 is 0 Å². The number of rotatable bonds is 6. The fourth-order valence-electron chi connectivity index (χ4n) is 3.84. The number of hydrogen-bond acceptors (Lipinski definition) is 6. The molecule has 0 unspecified atom stereocenters. The standard InChI is InChI=1S/C22H30N6O2/c1-11-7-13(3-5-15(11)21(25)26)29-19-10-20(18(24)9-17(19)23)30-14-4-6-16(22(27)28)12(2)8-14/h3-8,17-20H,9-10,23-24H2,1-2H3,(H3,25,26)(H3,27,28)/t17-,18+,19-,20+. The lowest BCUT2D eigenvalue weighted by atomic mass is 9.87. The predicted octanol–water partition coefficient (Wildman–Crippen LogP) is 1.51. The molecule has 8 nitrogen and oxygen atoms in total. The van der Waals surface area contributed by atoms with Crippen molar-refractivity contribution in [3.8, 4) is 11.5 Å². The monoisotopic (exact) mass is 410 g/mol. The van der Waals surface area contributed by atoms with Crippen LogP contribution in [-0.4, -0.2) is 36.0 Å². The average molecular weight is 411 g/mol. The van der Waals surface area contributed by atoms with Crippen molar-refractivity contribution in [3.05, 3.63) is 58.7 Å².